The van der Waals surface area contributed by atoms with Crippen LogP contribution in [0.2, 0.25) is 0 Å². The highest BCUT2D eigenvalue weighted by atomic mass is 79.9. The first-order valence-corrected chi connectivity index (χ1v) is 5.31. The highest BCUT2D eigenvalue weighted by molar-refractivity contribution is 9.10. The van der Waals surface area contributed by atoms with E-state index in [0.717, 1.165) is 10.3 Å². The minimum atomic E-state index is 0.355. The zero-order valence-electron chi connectivity index (χ0n) is 8.16. The van der Waals surface area contributed by atoms with Gasteiger partial charge in [0.15, 0.2) is 0 Å². The summed E-state index contributed by atoms with van der Waals surface area (Å²) in [6.07, 6.45) is 3.90. The molecule has 1 atom stereocenters. The Hall–Kier alpha value is -0.870. The SMILES string of the molecule is CN[C@H](C)c1ccc2ncc(Br)n2c1. The van der Waals surface area contributed by atoms with E-state index in [9.17, 15) is 0 Å². The maximum Gasteiger partial charge on any atom is 0.137 e. The van der Waals surface area contributed by atoms with Crippen LogP contribution in [0.4, 0.5) is 0 Å². The number of halogens is 1. The standard InChI is InChI=1S/C10H12BrN3/c1-7(12-2)8-3-4-10-13-5-9(11)14(10)6-8/h3-7,12H,1-2H3/t7-/m1/s1. The molecular formula is C10H12BrN3. The first kappa shape index (κ1) is 9.68. The maximum atomic E-state index is 4.24. The zero-order chi connectivity index (χ0) is 10.1. The molecule has 4 heteroatoms. The monoisotopic (exact) mass is 253 g/mol. The van der Waals surface area contributed by atoms with Gasteiger partial charge >= 0.3 is 0 Å². The van der Waals surface area contributed by atoms with Crippen LogP contribution in [0.3, 0.4) is 0 Å². The van der Waals surface area contributed by atoms with Crippen molar-refractivity contribution in [3.63, 3.8) is 0 Å². The van der Waals surface area contributed by atoms with Gasteiger partial charge in [-0.25, -0.2) is 4.98 Å². The molecule has 14 heavy (non-hydrogen) atoms. The molecule has 2 rings (SSSR count). The molecule has 2 aromatic rings. The summed E-state index contributed by atoms with van der Waals surface area (Å²) in [4.78, 5) is 4.24. The summed E-state index contributed by atoms with van der Waals surface area (Å²) < 4.78 is 3.01. The second-order valence-electron chi connectivity index (χ2n) is 3.28. The van der Waals surface area contributed by atoms with Crippen molar-refractivity contribution in [2.24, 2.45) is 0 Å². The largest absolute Gasteiger partial charge is 0.313 e. The lowest BCUT2D eigenvalue weighted by atomic mass is 10.1. The van der Waals surface area contributed by atoms with Crippen molar-refractivity contribution in [1.29, 1.82) is 0 Å². The topological polar surface area (TPSA) is 29.3 Å². The van der Waals surface area contributed by atoms with Gasteiger partial charge in [0.05, 0.1) is 6.20 Å². The molecule has 0 aliphatic heterocycles. The van der Waals surface area contributed by atoms with E-state index < -0.39 is 0 Å². The molecule has 2 aromatic heterocycles. The molecule has 0 aliphatic rings. The van der Waals surface area contributed by atoms with Crippen molar-refractivity contribution in [3.05, 3.63) is 34.7 Å². The van der Waals surface area contributed by atoms with Crippen LogP contribution < -0.4 is 5.32 Å². The number of nitrogens with zero attached hydrogens (tertiary/aromatic N) is 2. The summed E-state index contributed by atoms with van der Waals surface area (Å²) in [6.45, 7) is 2.13. The molecule has 0 bridgehead atoms. The molecule has 3 nitrogen and oxygen atoms in total. The highest BCUT2D eigenvalue weighted by Gasteiger charge is 2.05. The third-order valence-corrected chi connectivity index (χ3v) is 3.00. The number of hydrogen-bond donors (Lipinski definition) is 1. The van der Waals surface area contributed by atoms with Crippen LogP contribution in [0.15, 0.2) is 29.1 Å². The van der Waals surface area contributed by atoms with Crippen LogP contribution in [0.5, 0.6) is 0 Å². The average Bonchev–Trinajstić information content (AvgIpc) is 2.59. The smallest absolute Gasteiger partial charge is 0.137 e. The second-order valence-corrected chi connectivity index (χ2v) is 4.09. The third-order valence-electron chi connectivity index (χ3n) is 2.42. The molecule has 0 spiro atoms. The van der Waals surface area contributed by atoms with Crippen molar-refractivity contribution in [2.45, 2.75) is 13.0 Å². The van der Waals surface area contributed by atoms with E-state index in [1.807, 2.05) is 23.7 Å². The van der Waals surface area contributed by atoms with Crippen molar-refractivity contribution in [3.8, 4) is 0 Å². The van der Waals surface area contributed by atoms with Crippen molar-refractivity contribution >= 4 is 21.6 Å². The number of aromatic nitrogens is 2. The van der Waals surface area contributed by atoms with E-state index in [0.29, 0.717) is 6.04 Å². The van der Waals surface area contributed by atoms with E-state index in [-0.39, 0.29) is 0 Å². The summed E-state index contributed by atoms with van der Waals surface area (Å²) in [6, 6.07) is 4.47. The molecule has 0 fully saturated rings. The number of hydrogen-bond acceptors (Lipinski definition) is 2. The predicted octanol–water partition coefficient (Wildman–Crippen LogP) is 2.38. The Morgan fingerprint density at radius 2 is 2.29 bits per heavy atom. The van der Waals surface area contributed by atoms with E-state index in [1.54, 1.807) is 0 Å². The Morgan fingerprint density at radius 3 is 3.00 bits per heavy atom. The van der Waals surface area contributed by atoms with E-state index >= 15 is 0 Å². The Labute approximate surface area is 91.3 Å². The van der Waals surface area contributed by atoms with Gasteiger partial charge in [0.2, 0.25) is 0 Å². The van der Waals surface area contributed by atoms with E-state index in [4.69, 9.17) is 0 Å². The van der Waals surface area contributed by atoms with Crippen LogP contribution in [-0.4, -0.2) is 16.4 Å². The van der Waals surface area contributed by atoms with Gasteiger partial charge in [0, 0.05) is 12.2 Å². The number of fused-ring (bicyclic) bond motifs is 1. The first-order chi connectivity index (χ1) is 6.72. The summed E-state index contributed by atoms with van der Waals surface area (Å²) in [5, 5.41) is 3.21. The van der Waals surface area contributed by atoms with Gasteiger partial charge in [-0.3, -0.25) is 4.40 Å². The van der Waals surface area contributed by atoms with E-state index in [1.165, 1.54) is 5.56 Å². The summed E-state index contributed by atoms with van der Waals surface area (Å²) in [5.74, 6) is 0. The van der Waals surface area contributed by atoms with Crippen molar-refractivity contribution in [1.82, 2.24) is 14.7 Å². The van der Waals surface area contributed by atoms with Crippen LogP contribution in [-0.2, 0) is 0 Å². The lowest BCUT2D eigenvalue weighted by Crippen LogP contribution is -2.12. The number of pyridine rings is 1. The maximum absolute atomic E-state index is 4.24. The molecule has 74 valence electrons. The molecular weight excluding hydrogens is 242 g/mol. The van der Waals surface area contributed by atoms with Gasteiger partial charge in [0.25, 0.3) is 0 Å². The van der Waals surface area contributed by atoms with Gasteiger partial charge < -0.3 is 5.32 Å². The highest BCUT2D eigenvalue weighted by Crippen LogP contribution is 2.17. The molecule has 0 unspecified atom stereocenters. The molecule has 1 N–H and O–H groups in total. The van der Waals surface area contributed by atoms with Gasteiger partial charge in [-0.15, -0.1) is 0 Å². The van der Waals surface area contributed by atoms with Gasteiger partial charge in [-0.05, 0) is 41.5 Å². The number of imidazole rings is 1. The Morgan fingerprint density at radius 1 is 1.50 bits per heavy atom. The van der Waals surface area contributed by atoms with E-state index in [2.05, 4.69) is 45.4 Å². The Kier molecular flexibility index (Phi) is 2.56. The minimum absolute atomic E-state index is 0.355. The summed E-state index contributed by atoms with van der Waals surface area (Å²) >= 11 is 3.45. The quantitative estimate of drug-likeness (QED) is 0.891. The average molecular weight is 254 g/mol. The molecule has 2 heterocycles. The lowest BCUT2D eigenvalue weighted by Gasteiger charge is -2.10. The Balaban J connectivity index is 2.54. The van der Waals surface area contributed by atoms with Gasteiger partial charge in [0.1, 0.15) is 10.3 Å². The summed E-state index contributed by atoms with van der Waals surface area (Å²) in [7, 11) is 1.96. The normalized spacial score (nSPS) is 13.4. The van der Waals surface area contributed by atoms with Crippen LogP contribution in [0.25, 0.3) is 5.65 Å². The number of nitrogens with one attached hydrogen (secondary N) is 1. The van der Waals surface area contributed by atoms with Gasteiger partial charge in [-0.1, -0.05) is 6.07 Å². The fourth-order valence-electron chi connectivity index (χ4n) is 1.39. The number of rotatable bonds is 2. The molecule has 0 saturated heterocycles. The molecule has 0 aromatic carbocycles. The molecule has 0 radical (unpaired) electrons. The van der Waals surface area contributed by atoms with Crippen molar-refractivity contribution in [2.75, 3.05) is 7.05 Å². The van der Waals surface area contributed by atoms with Crippen LogP contribution >= 0.6 is 15.9 Å². The molecule has 0 amide bonds. The first-order valence-electron chi connectivity index (χ1n) is 4.52. The third kappa shape index (κ3) is 1.55. The Bertz CT molecular complexity index is 450. The molecule has 0 aliphatic carbocycles. The zero-order valence-corrected chi connectivity index (χ0v) is 9.75. The second kappa shape index (κ2) is 3.71. The summed E-state index contributed by atoms with van der Waals surface area (Å²) in [5.41, 5.74) is 2.21. The fraction of sp³-hybridized carbons (Fsp3) is 0.300. The minimum Gasteiger partial charge on any atom is -0.313 e. The van der Waals surface area contributed by atoms with Crippen molar-refractivity contribution < 1.29 is 0 Å². The fourth-order valence-corrected chi connectivity index (χ4v) is 1.78. The molecule has 0 saturated carbocycles. The lowest BCUT2D eigenvalue weighted by molar-refractivity contribution is 0.648. The predicted molar refractivity (Wildman–Crippen MR) is 60.4 cm³/mol. The van der Waals surface area contributed by atoms with Crippen LogP contribution in [0, 0.1) is 0 Å². The van der Waals surface area contributed by atoms with Crippen LogP contribution in [0.1, 0.15) is 18.5 Å². The van der Waals surface area contributed by atoms with Gasteiger partial charge in [-0.2, -0.15) is 0 Å².